The lowest BCUT2D eigenvalue weighted by atomic mass is 9.77. The minimum Gasteiger partial charge on any atom is -0.294 e. The number of Topliss-reactive ketones (excluding diaryl/α,β-unsaturated/α-hetero) is 1. The molecular formula is C21H17BrFNO2. The van der Waals surface area contributed by atoms with Crippen LogP contribution in [0.1, 0.15) is 37.2 Å². The van der Waals surface area contributed by atoms with Gasteiger partial charge in [-0.15, -0.1) is 0 Å². The molecule has 1 amide bonds. The van der Waals surface area contributed by atoms with Crippen molar-refractivity contribution in [3.8, 4) is 0 Å². The van der Waals surface area contributed by atoms with Crippen molar-refractivity contribution in [3.05, 3.63) is 75.7 Å². The van der Waals surface area contributed by atoms with Crippen LogP contribution in [0.4, 0.5) is 10.1 Å². The van der Waals surface area contributed by atoms with Gasteiger partial charge in [-0.1, -0.05) is 28.1 Å². The first-order valence-corrected chi connectivity index (χ1v) is 9.44. The number of allylic oxidation sites excluding steroid dienone is 2. The van der Waals surface area contributed by atoms with Crippen molar-refractivity contribution in [3.63, 3.8) is 0 Å². The minimum atomic E-state index is -0.347. The Kier molecular flexibility index (Phi) is 4.49. The van der Waals surface area contributed by atoms with Gasteiger partial charge in [-0.3, -0.25) is 14.5 Å². The Morgan fingerprint density at radius 1 is 0.962 bits per heavy atom. The van der Waals surface area contributed by atoms with Gasteiger partial charge in [0.2, 0.25) is 5.91 Å². The number of anilines is 1. The molecule has 4 rings (SSSR count). The average molecular weight is 414 g/mol. The maximum absolute atomic E-state index is 13.3. The van der Waals surface area contributed by atoms with E-state index in [2.05, 4.69) is 15.9 Å². The van der Waals surface area contributed by atoms with E-state index in [9.17, 15) is 14.0 Å². The predicted octanol–water partition coefficient (Wildman–Crippen LogP) is 5.12. The van der Waals surface area contributed by atoms with Crippen molar-refractivity contribution in [1.29, 1.82) is 0 Å². The topological polar surface area (TPSA) is 37.4 Å². The van der Waals surface area contributed by atoms with Crippen LogP contribution in [0.25, 0.3) is 0 Å². The molecule has 1 heterocycles. The van der Waals surface area contributed by atoms with Crippen LogP contribution in [0.15, 0.2) is 64.3 Å². The number of carbonyl (C=O) groups excluding carboxylic acids is 2. The summed E-state index contributed by atoms with van der Waals surface area (Å²) in [5.41, 5.74) is 3.11. The Labute approximate surface area is 159 Å². The third-order valence-electron chi connectivity index (χ3n) is 5.03. The highest BCUT2D eigenvalue weighted by molar-refractivity contribution is 9.10. The van der Waals surface area contributed by atoms with Gasteiger partial charge in [-0.05, 0) is 54.8 Å². The zero-order valence-electron chi connectivity index (χ0n) is 14.0. The van der Waals surface area contributed by atoms with E-state index in [-0.39, 0.29) is 29.8 Å². The quantitative estimate of drug-likeness (QED) is 0.685. The van der Waals surface area contributed by atoms with Crippen LogP contribution in [0, 0.1) is 5.82 Å². The molecule has 0 spiro atoms. The normalized spacial score (nSPS) is 20.4. The van der Waals surface area contributed by atoms with Crippen molar-refractivity contribution in [1.82, 2.24) is 0 Å². The molecule has 0 fully saturated rings. The molecule has 3 nitrogen and oxygen atoms in total. The Hall–Kier alpha value is -2.27. The maximum Gasteiger partial charge on any atom is 0.232 e. The van der Waals surface area contributed by atoms with Crippen LogP contribution >= 0.6 is 15.9 Å². The number of ketones is 1. The van der Waals surface area contributed by atoms with Crippen LogP contribution in [0.2, 0.25) is 0 Å². The highest BCUT2D eigenvalue weighted by Gasteiger charge is 2.39. The maximum atomic E-state index is 13.3. The van der Waals surface area contributed by atoms with Gasteiger partial charge >= 0.3 is 0 Å². The molecule has 0 aromatic heterocycles. The number of benzene rings is 2. The van der Waals surface area contributed by atoms with Crippen molar-refractivity contribution < 1.29 is 14.0 Å². The molecule has 0 saturated heterocycles. The minimum absolute atomic E-state index is 0.0574. The zero-order chi connectivity index (χ0) is 18.3. The monoisotopic (exact) mass is 413 g/mol. The summed E-state index contributed by atoms with van der Waals surface area (Å²) in [5.74, 6) is -0.508. The number of hydrogen-bond acceptors (Lipinski definition) is 2. The molecular weight excluding hydrogens is 397 g/mol. The van der Waals surface area contributed by atoms with Gasteiger partial charge in [-0.2, -0.15) is 0 Å². The first kappa shape index (κ1) is 17.2. The van der Waals surface area contributed by atoms with E-state index in [1.54, 1.807) is 17.0 Å². The van der Waals surface area contributed by atoms with Crippen molar-refractivity contribution in [2.75, 3.05) is 4.90 Å². The van der Waals surface area contributed by atoms with E-state index in [4.69, 9.17) is 0 Å². The van der Waals surface area contributed by atoms with Gasteiger partial charge in [0.25, 0.3) is 0 Å². The second-order valence-corrected chi connectivity index (χ2v) is 7.57. The van der Waals surface area contributed by atoms with Crippen LogP contribution in [0.5, 0.6) is 0 Å². The molecule has 2 aromatic carbocycles. The Morgan fingerprint density at radius 3 is 2.35 bits per heavy atom. The van der Waals surface area contributed by atoms with Crippen LogP contribution in [-0.2, 0) is 9.59 Å². The molecule has 26 heavy (non-hydrogen) atoms. The summed E-state index contributed by atoms with van der Waals surface area (Å²) >= 11 is 3.42. The Morgan fingerprint density at radius 2 is 1.65 bits per heavy atom. The van der Waals surface area contributed by atoms with Crippen LogP contribution in [-0.4, -0.2) is 11.7 Å². The van der Waals surface area contributed by atoms with Crippen molar-refractivity contribution >= 4 is 33.3 Å². The highest BCUT2D eigenvalue weighted by Crippen LogP contribution is 2.43. The third-order valence-corrected chi connectivity index (χ3v) is 5.56. The SMILES string of the molecule is O=C1CCCC2=C1C(c1ccc(Br)cc1)CC(=O)N2c1ccc(F)cc1. The van der Waals surface area contributed by atoms with Gasteiger partial charge in [0, 0.05) is 40.2 Å². The lowest BCUT2D eigenvalue weighted by Gasteiger charge is -2.38. The molecule has 1 unspecified atom stereocenters. The first-order chi connectivity index (χ1) is 12.5. The summed E-state index contributed by atoms with van der Waals surface area (Å²) in [6.45, 7) is 0. The fourth-order valence-corrected chi connectivity index (χ4v) is 4.13. The Balaban J connectivity index is 1.84. The number of nitrogens with zero attached hydrogens (tertiary/aromatic N) is 1. The fraction of sp³-hybridized carbons (Fsp3) is 0.238. The number of amides is 1. The smallest absolute Gasteiger partial charge is 0.232 e. The molecule has 0 saturated carbocycles. The van der Waals surface area contributed by atoms with E-state index in [1.165, 1.54) is 12.1 Å². The molecule has 1 aliphatic carbocycles. The van der Waals surface area contributed by atoms with Gasteiger partial charge in [-0.25, -0.2) is 4.39 Å². The lowest BCUT2D eigenvalue weighted by Crippen LogP contribution is -2.40. The van der Waals surface area contributed by atoms with Crippen molar-refractivity contribution in [2.24, 2.45) is 0 Å². The molecule has 0 radical (unpaired) electrons. The molecule has 1 aliphatic heterocycles. The fourth-order valence-electron chi connectivity index (χ4n) is 3.86. The third kappa shape index (κ3) is 3.01. The van der Waals surface area contributed by atoms with Crippen LogP contribution < -0.4 is 4.90 Å². The first-order valence-electron chi connectivity index (χ1n) is 8.65. The molecule has 5 heteroatoms. The molecule has 2 aromatic rings. The summed E-state index contributed by atoms with van der Waals surface area (Å²) in [6, 6.07) is 13.7. The molecule has 2 aliphatic rings. The number of halogens is 2. The number of rotatable bonds is 2. The second-order valence-electron chi connectivity index (χ2n) is 6.65. The number of carbonyl (C=O) groups is 2. The van der Waals surface area contributed by atoms with E-state index < -0.39 is 0 Å². The van der Waals surface area contributed by atoms with E-state index >= 15 is 0 Å². The summed E-state index contributed by atoms with van der Waals surface area (Å²) in [4.78, 5) is 27.3. The summed E-state index contributed by atoms with van der Waals surface area (Å²) < 4.78 is 14.2. The molecule has 0 N–H and O–H groups in total. The number of hydrogen-bond donors (Lipinski definition) is 0. The summed E-state index contributed by atoms with van der Waals surface area (Å²) in [7, 11) is 0. The van der Waals surface area contributed by atoms with Gasteiger partial charge in [0.15, 0.2) is 5.78 Å². The molecule has 0 bridgehead atoms. The lowest BCUT2D eigenvalue weighted by molar-refractivity contribution is -0.119. The van der Waals surface area contributed by atoms with Crippen LogP contribution in [0.3, 0.4) is 0 Å². The second kappa shape index (κ2) is 6.80. The zero-order valence-corrected chi connectivity index (χ0v) is 15.6. The molecule has 1 atom stereocenters. The summed E-state index contributed by atoms with van der Waals surface area (Å²) in [5, 5.41) is 0. The Bertz CT molecular complexity index is 903. The van der Waals surface area contributed by atoms with E-state index in [1.807, 2.05) is 24.3 Å². The van der Waals surface area contributed by atoms with E-state index in [0.717, 1.165) is 27.7 Å². The van der Waals surface area contributed by atoms with Gasteiger partial charge in [0.1, 0.15) is 5.82 Å². The highest BCUT2D eigenvalue weighted by atomic mass is 79.9. The predicted molar refractivity (Wildman–Crippen MR) is 101 cm³/mol. The summed E-state index contributed by atoms with van der Waals surface area (Å²) in [6.07, 6.45) is 2.16. The van der Waals surface area contributed by atoms with Crippen molar-refractivity contribution in [2.45, 2.75) is 31.6 Å². The van der Waals surface area contributed by atoms with E-state index in [0.29, 0.717) is 18.5 Å². The standard InChI is InChI=1S/C21H17BrFNO2/c22-14-6-4-13(5-7-14)17-12-20(26)24(16-10-8-15(23)9-11-16)18-2-1-3-19(25)21(17)18/h4-11,17H,1-3,12H2. The largest absolute Gasteiger partial charge is 0.294 e. The molecule has 132 valence electrons. The van der Waals surface area contributed by atoms with Gasteiger partial charge < -0.3 is 0 Å². The van der Waals surface area contributed by atoms with Gasteiger partial charge in [0.05, 0.1) is 0 Å². The average Bonchev–Trinajstić information content (AvgIpc) is 2.63.